The van der Waals surface area contributed by atoms with Gasteiger partial charge in [0.25, 0.3) is 5.91 Å². The molecule has 4 rings (SSSR count). The van der Waals surface area contributed by atoms with Gasteiger partial charge in [-0.15, -0.1) is 14.4 Å². The fourth-order valence-corrected chi connectivity index (χ4v) is 3.64. The van der Waals surface area contributed by atoms with Gasteiger partial charge in [-0.2, -0.15) is 0 Å². The highest BCUT2D eigenvalue weighted by Crippen LogP contribution is 2.22. The van der Waals surface area contributed by atoms with Crippen LogP contribution in [0.2, 0.25) is 0 Å². The number of nitrogens with one attached hydrogen (secondary N) is 1. The molecule has 2 aromatic heterocycles. The van der Waals surface area contributed by atoms with Crippen molar-refractivity contribution < 1.29 is 22.3 Å². The number of sulfone groups is 1. The van der Waals surface area contributed by atoms with Crippen molar-refractivity contribution in [3.63, 3.8) is 0 Å². The summed E-state index contributed by atoms with van der Waals surface area (Å²) in [7, 11) is -3.32. The molecule has 0 fully saturated rings. The zero-order chi connectivity index (χ0) is 22.2. The van der Waals surface area contributed by atoms with Gasteiger partial charge in [0.05, 0.1) is 15.8 Å². The Balaban J connectivity index is 1.58. The molecule has 0 saturated carbocycles. The monoisotopic (exact) mass is 442 g/mol. The van der Waals surface area contributed by atoms with Crippen molar-refractivity contribution in [2.45, 2.75) is 11.4 Å². The summed E-state index contributed by atoms with van der Waals surface area (Å²) in [5, 5.41) is 10.8. The van der Waals surface area contributed by atoms with E-state index in [0.717, 1.165) is 18.4 Å². The Morgan fingerprint density at radius 2 is 1.81 bits per heavy atom. The second kappa shape index (κ2) is 7.97. The number of amides is 1. The minimum absolute atomic E-state index is 0.0239. The summed E-state index contributed by atoms with van der Waals surface area (Å²) in [5.74, 6) is -1.92. The molecule has 0 aliphatic heterocycles. The van der Waals surface area contributed by atoms with Gasteiger partial charge in [0.1, 0.15) is 6.26 Å². The Kier molecular flexibility index (Phi) is 5.34. The van der Waals surface area contributed by atoms with Crippen molar-refractivity contribution in [1.82, 2.24) is 19.9 Å². The van der Waals surface area contributed by atoms with Crippen LogP contribution in [0.25, 0.3) is 17.0 Å². The van der Waals surface area contributed by atoms with E-state index in [4.69, 9.17) is 0 Å². The van der Waals surface area contributed by atoms with Gasteiger partial charge in [0.15, 0.2) is 28.0 Å². The second-order valence-corrected chi connectivity index (χ2v) is 8.91. The fourth-order valence-electron chi connectivity index (χ4n) is 3.01. The van der Waals surface area contributed by atoms with Gasteiger partial charge in [-0.3, -0.25) is 9.20 Å². The summed E-state index contributed by atoms with van der Waals surface area (Å²) in [4.78, 5) is 12.7. The number of halogens is 2. The zero-order valence-corrected chi connectivity index (χ0v) is 17.0. The minimum atomic E-state index is -3.32. The molecule has 0 spiro atoms. The number of fused-ring (bicyclic) bond motifs is 1. The predicted octanol–water partition coefficient (Wildman–Crippen LogP) is 3.22. The lowest BCUT2D eigenvalue weighted by atomic mass is 10.2. The summed E-state index contributed by atoms with van der Waals surface area (Å²) < 4.78 is 51.3. The lowest BCUT2D eigenvalue weighted by Gasteiger charge is -2.09. The molecular weight excluding hydrogens is 426 g/mol. The van der Waals surface area contributed by atoms with Gasteiger partial charge in [-0.1, -0.05) is 6.07 Å². The van der Waals surface area contributed by atoms with Crippen LogP contribution in [-0.2, 0) is 21.0 Å². The van der Waals surface area contributed by atoms with Crippen LogP contribution in [0.15, 0.2) is 65.7 Å². The maximum absolute atomic E-state index is 13.3. The average molecular weight is 442 g/mol. The van der Waals surface area contributed by atoms with E-state index in [9.17, 15) is 22.3 Å². The van der Waals surface area contributed by atoms with Gasteiger partial charge < -0.3 is 9.87 Å². The smallest absolute Gasteiger partial charge is 0.253 e. The first-order chi connectivity index (χ1) is 14.7. The van der Waals surface area contributed by atoms with Crippen molar-refractivity contribution >= 4 is 21.8 Å². The Hall–Kier alpha value is -3.50. The maximum Gasteiger partial charge on any atom is 0.253 e. The molecule has 1 atom stereocenters. The second-order valence-electron chi connectivity index (χ2n) is 6.90. The van der Waals surface area contributed by atoms with E-state index in [-0.39, 0.29) is 11.4 Å². The quantitative estimate of drug-likeness (QED) is 0.479. The number of pyridine rings is 1. The van der Waals surface area contributed by atoms with E-state index in [1.165, 1.54) is 18.2 Å². The summed E-state index contributed by atoms with van der Waals surface area (Å²) >= 11 is 0. The van der Waals surface area contributed by atoms with Crippen LogP contribution in [0, 0.1) is 11.6 Å². The zero-order valence-electron chi connectivity index (χ0n) is 16.2. The van der Waals surface area contributed by atoms with Crippen LogP contribution in [0.4, 0.5) is 8.78 Å². The highest BCUT2D eigenvalue weighted by atomic mass is 32.3. The largest absolute Gasteiger partial charge is 0.610 e. The van der Waals surface area contributed by atoms with Crippen LogP contribution in [0.5, 0.6) is 0 Å². The van der Waals surface area contributed by atoms with Crippen LogP contribution in [-0.4, -0.2) is 31.3 Å². The van der Waals surface area contributed by atoms with E-state index in [1.807, 2.05) is 0 Å². The molecule has 31 heavy (non-hydrogen) atoms. The summed E-state index contributed by atoms with van der Waals surface area (Å²) in [6, 6.07) is 12.8. The number of rotatable bonds is 5. The number of hydrogen-bond acceptors (Lipinski definition) is 5. The summed E-state index contributed by atoms with van der Waals surface area (Å²) in [5.41, 5.74) is 1.85. The molecule has 0 saturated heterocycles. The van der Waals surface area contributed by atoms with Crippen molar-refractivity contribution in [1.29, 1.82) is 0 Å². The first-order valence-electron chi connectivity index (χ1n) is 9.10. The number of hydrogen-bond donors (Lipinski definition) is 1. The molecule has 1 N–H and O–H groups in total. The summed E-state index contributed by atoms with van der Waals surface area (Å²) in [6.45, 7) is 0.0239. The van der Waals surface area contributed by atoms with E-state index in [2.05, 4.69) is 15.5 Å². The van der Waals surface area contributed by atoms with Crippen LogP contribution < -0.4 is 5.32 Å². The molecule has 1 amide bonds. The molecule has 2 heterocycles. The maximum atomic E-state index is 13.3. The lowest BCUT2D eigenvalue weighted by Crippen LogP contribution is -2.23. The van der Waals surface area contributed by atoms with E-state index >= 15 is 0 Å². The van der Waals surface area contributed by atoms with Gasteiger partial charge in [-0.25, -0.2) is 8.78 Å². The SMILES string of the molecule is C[S+](=O)([O-])c1ccc(-c2nnc3ccc(C(=O)NCc4ccc(F)c(F)c4)cn23)cc1. The molecule has 0 radical (unpaired) electrons. The minimum Gasteiger partial charge on any atom is -0.610 e. The average Bonchev–Trinajstić information content (AvgIpc) is 3.17. The predicted molar refractivity (Wildman–Crippen MR) is 109 cm³/mol. The summed E-state index contributed by atoms with van der Waals surface area (Å²) in [6.07, 6.45) is 2.68. The van der Waals surface area contributed by atoms with Gasteiger partial charge >= 0.3 is 0 Å². The Morgan fingerprint density at radius 3 is 2.48 bits per heavy atom. The molecule has 0 aliphatic rings. The number of nitrogens with zero attached hydrogens (tertiary/aromatic N) is 3. The molecule has 10 heteroatoms. The number of benzene rings is 2. The molecule has 4 aromatic rings. The van der Waals surface area contributed by atoms with Crippen LogP contribution in [0.1, 0.15) is 15.9 Å². The fraction of sp³-hybridized carbons (Fsp3) is 0.0952. The van der Waals surface area contributed by atoms with E-state index in [1.54, 1.807) is 34.9 Å². The Labute approximate surface area is 177 Å². The molecule has 2 aromatic carbocycles. The third kappa shape index (κ3) is 4.35. The standard InChI is InChI=1S/C21H16F2N4O3S/c1-31(29,30)16-6-3-14(4-7-16)20-26-25-19-9-5-15(12-27(19)20)21(28)24-11-13-2-8-17(22)18(23)10-13/h2-10,12H,11H2,1H3,(H-,24,28,29,30). The van der Waals surface area contributed by atoms with E-state index < -0.39 is 27.8 Å². The third-order valence-electron chi connectivity index (χ3n) is 4.64. The lowest BCUT2D eigenvalue weighted by molar-refractivity contribution is 0.0950. The molecule has 0 aliphatic carbocycles. The van der Waals surface area contributed by atoms with Gasteiger partial charge in [0, 0.05) is 18.3 Å². The first kappa shape index (κ1) is 20.8. The molecular formula is C21H16F2N4O3S. The van der Waals surface area contributed by atoms with E-state index in [0.29, 0.717) is 28.2 Å². The topological polar surface area (TPSA) is 99.4 Å². The van der Waals surface area contributed by atoms with Gasteiger partial charge in [0.2, 0.25) is 0 Å². The molecule has 158 valence electrons. The van der Waals surface area contributed by atoms with Crippen molar-refractivity contribution in [2.75, 3.05) is 6.26 Å². The molecule has 7 nitrogen and oxygen atoms in total. The van der Waals surface area contributed by atoms with Crippen molar-refractivity contribution in [2.24, 2.45) is 0 Å². The van der Waals surface area contributed by atoms with Crippen LogP contribution in [0.3, 0.4) is 0 Å². The van der Waals surface area contributed by atoms with Gasteiger partial charge in [-0.05, 0) is 54.1 Å². The van der Waals surface area contributed by atoms with Crippen molar-refractivity contribution in [3.8, 4) is 11.4 Å². The van der Waals surface area contributed by atoms with Crippen molar-refractivity contribution in [3.05, 3.63) is 83.6 Å². The Bertz CT molecular complexity index is 1330. The highest BCUT2D eigenvalue weighted by Gasteiger charge is 2.15. The normalized spacial score (nSPS) is 13.2. The van der Waals surface area contributed by atoms with Crippen LogP contribution >= 0.6 is 0 Å². The molecule has 1 unspecified atom stereocenters. The molecule has 0 bridgehead atoms. The third-order valence-corrected chi connectivity index (χ3v) is 5.77. The highest BCUT2D eigenvalue weighted by molar-refractivity contribution is 7.97. The Morgan fingerprint density at radius 1 is 1.06 bits per heavy atom. The number of carbonyl (C=O) groups is 1. The first-order valence-corrected chi connectivity index (χ1v) is 11.0. The number of carbonyl (C=O) groups excluding carboxylic acids is 1. The number of aromatic nitrogens is 3.